The minimum Gasteiger partial charge on any atom is -0.311 e. The predicted octanol–water partition coefficient (Wildman–Crippen LogP) is 4.68. The van der Waals surface area contributed by atoms with Crippen molar-refractivity contribution < 1.29 is 4.79 Å². The average Bonchev–Trinajstić information content (AvgIpc) is 2.65. The molecule has 0 saturated carbocycles. The fourth-order valence-electron chi connectivity index (χ4n) is 2.93. The summed E-state index contributed by atoms with van der Waals surface area (Å²) in [4.78, 5) is 14.2. The van der Waals surface area contributed by atoms with Gasteiger partial charge in [0.05, 0.1) is 11.3 Å². The van der Waals surface area contributed by atoms with Crippen LogP contribution in [0, 0.1) is 0 Å². The number of hydrogen-bond donors (Lipinski definition) is 0. The number of nitrogens with zero attached hydrogens (tertiary/aromatic N) is 1. The van der Waals surface area contributed by atoms with Crippen molar-refractivity contribution in [2.75, 3.05) is 11.9 Å². The highest BCUT2D eigenvalue weighted by Crippen LogP contribution is 2.40. The second kappa shape index (κ2) is 4.34. The van der Waals surface area contributed by atoms with Gasteiger partial charge >= 0.3 is 0 Å². The molecule has 2 heteroatoms. The summed E-state index contributed by atoms with van der Waals surface area (Å²) in [5.74, 6) is 1.01. The van der Waals surface area contributed by atoms with Crippen molar-refractivity contribution in [3.05, 3.63) is 41.0 Å². The molecule has 0 spiro atoms. The van der Waals surface area contributed by atoms with Crippen LogP contribution in [0.15, 0.2) is 24.3 Å². The zero-order valence-corrected chi connectivity index (χ0v) is 12.8. The van der Waals surface area contributed by atoms with Crippen LogP contribution in [0.4, 0.5) is 5.69 Å². The van der Waals surface area contributed by atoms with Crippen molar-refractivity contribution in [1.29, 1.82) is 0 Å². The Balaban J connectivity index is 2.39. The van der Waals surface area contributed by atoms with Gasteiger partial charge in [-0.1, -0.05) is 39.8 Å². The van der Waals surface area contributed by atoms with Gasteiger partial charge in [-0.3, -0.25) is 4.79 Å². The number of carbonyl (C=O) groups excluding carboxylic acids is 1. The number of rotatable bonds is 2. The van der Waals surface area contributed by atoms with Gasteiger partial charge in [-0.25, -0.2) is 0 Å². The molecule has 1 heterocycles. The zero-order valence-electron chi connectivity index (χ0n) is 12.8. The minimum atomic E-state index is 0.119. The molecule has 2 aromatic rings. The van der Waals surface area contributed by atoms with Gasteiger partial charge < -0.3 is 4.90 Å². The molecule has 104 valence electrons. The summed E-state index contributed by atoms with van der Waals surface area (Å²) in [7, 11) is 1.87. The Morgan fingerprint density at radius 1 is 0.900 bits per heavy atom. The summed E-state index contributed by atoms with van der Waals surface area (Å²) in [6.45, 7) is 8.73. The van der Waals surface area contributed by atoms with Crippen LogP contribution in [0.5, 0.6) is 0 Å². The smallest absolute Gasteiger partial charge is 0.258 e. The largest absolute Gasteiger partial charge is 0.311 e. The number of anilines is 1. The first-order valence-corrected chi connectivity index (χ1v) is 7.29. The highest BCUT2D eigenvalue weighted by Gasteiger charge is 2.28. The first-order valence-electron chi connectivity index (χ1n) is 7.29. The van der Waals surface area contributed by atoms with Crippen LogP contribution in [0.2, 0.25) is 0 Å². The van der Waals surface area contributed by atoms with Crippen molar-refractivity contribution in [3.8, 4) is 0 Å². The lowest BCUT2D eigenvalue weighted by Gasteiger charge is -2.14. The lowest BCUT2D eigenvalue weighted by Crippen LogP contribution is -2.20. The van der Waals surface area contributed by atoms with Crippen molar-refractivity contribution >= 4 is 22.4 Å². The van der Waals surface area contributed by atoms with Gasteiger partial charge in [0, 0.05) is 12.4 Å². The Kier molecular flexibility index (Phi) is 2.86. The fourth-order valence-corrected chi connectivity index (χ4v) is 2.93. The standard InChI is InChI=1S/C18H21NO/c1-10(2)12-6-14-7-13(11(3)4)9-16-17(14)15(8-12)18(20)19(16)5/h6-11H,1-5H3. The third-order valence-electron chi connectivity index (χ3n) is 4.30. The van der Waals surface area contributed by atoms with E-state index in [0.717, 1.165) is 16.6 Å². The van der Waals surface area contributed by atoms with E-state index in [4.69, 9.17) is 0 Å². The third kappa shape index (κ3) is 1.75. The van der Waals surface area contributed by atoms with E-state index >= 15 is 0 Å². The predicted molar refractivity (Wildman–Crippen MR) is 84.9 cm³/mol. The highest BCUT2D eigenvalue weighted by molar-refractivity contribution is 6.25. The molecule has 0 bridgehead atoms. The molecule has 0 fully saturated rings. The van der Waals surface area contributed by atoms with Crippen LogP contribution in [0.1, 0.15) is 61.0 Å². The van der Waals surface area contributed by atoms with Gasteiger partial charge in [0.1, 0.15) is 0 Å². The monoisotopic (exact) mass is 267 g/mol. The second-order valence-electron chi connectivity index (χ2n) is 6.38. The molecule has 0 aliphatic carbocycles. The molecule has 20 heavy (non-hydrogen) atoms. The van der Waals surface area contributed by atoms with E-state index in [0.29, 0.717) is 11.8 Å². The van der Waals surface area contributed by atoms with E-state index in [9.17, 15) is 4.79 Å². The van der Waals surface area contributed by atoms with Crippen molar-refractivity contribution in [1.82, 2.24) is 0 Å². The van der Waals surface area contributed by atoms with E-state index in [2.05, 4.69) is 52.0 Å². The van der Waals surface area contributed by atoms with Gasteiger partial charge in [0.2, 0.25) is 0 Å². The molecule has 1 aliphatic rings. The number of benzene rings is 2. The SMILES string of the molecule is CC(C)c1cc2c3c(cc(C(C)C)cc3c1)N(C)C2=O. The summed E-state index contributed by atoms with van der Waals surface area (Å²) in [6, 6.07) is 8.71. The Morgan fingerprint density at radius 3 is 2.00 bits per heavy atom. The Hall–Kier alpha value is -1.83. The Morgan fingerprint density at radius 2 is 1.45 bits per heavy atom. The molecule has 1 amide bonds. The molecule has 1 aliphatic heterocycles. The molecule has 0 atom stereocenters. The first kappa shape index (κ1) is 13.2. The van der Waals surface area contributed by atoms with E-state index in [1.165, 1.54) is 16.5 Å². The van der Waals surface area contributed by atoms with Gasteiger partial charge in [0.25, 0.3) is 5.91 Å². The summed E-state index contributed by atoms with van der Waals surface area (Å²) < 4.78 is 0. The third-order valence-corrected chi connectivity index (χ3v) is 4.30. The molecule has 2 nitrogen and oxygen atoms in total. The summed E-state index contributed by atoms with van der Waals surface area (Å²) in [5.41, 5.74) is 4.45. The first-order chi connectivity index (χ1) is 9.40. The van der Waals surface area contributed by atoms with E-state index in [1.54, 1.807) is 4.90 Å². The zero-order chi connectivity index (χ0) is 14.6. The fraction of sp³-hybridized carbons (Fsp3) is 0.389. The summed E-state index contributed by atoms with van der Waals surface area (Å²) in [6.07, 6.45) is 0. The maximum Gasteiger partial charge on any atom is 0.258 e. The maximum atomic E-state index is 12.5. The van der Waals surface area contributed by atoms with E-state index in [1.807, 2.05) is 7.05 Å². The number of carbonyl (C=O) groups is 1. The van der Waals surface area contributed by atoms with Crippen LogP contribution in [-0.4, -0.2) is 13.0 Å². The Labute approximate surface area is 120 Å². The lowest BCUT2D eigenvalue weighted by atomic mass is 9.92. The lowest BCUT2D eigenvalue weighted by molar-refractivity contribution is 0.0999. The molecule has 3 rings (SSSR count). The summed E-state index contributed by atoms with van der Waals surface area (Å²) >= 11 is 0. The normalized spacial score (nSPS) is 14.2. The number of hydrogen-bond acceptors (Lipinski definition) is 1. The van der Waals surface area contributed by atoms with E-state index in [-0.39, 0.29) is 5.91 Å². The topological polar surface area (TPSA) is 20.3 Å². The van der Waals surface area contributed by atoms with Gasteiger partial charge in [-0.05, 0) is 40.5 Å². The Bertz CT molecular complexity index is 708. The van der Waals surface area contributed by atoms with Crippen LogP contribution >= 0.6 is 0 Å². The van der Waals surface area contributed by atoms with Crippen molar-refractivity contribution in [2.45, 2.75) is 39.5 Å². The molecule has 0 N–H and O–H groups in total. The average molecular weight is 267 g/mol. The summed E-state index contributed by atoms with van der Waals surface area (Å²) in [5, 5.41) is 2.32. The quantitative estimate of drug-likeness (QED) is 0.774. The molecule has 0 unspecified atom stereocenters. The molecule has 2 aromatic carbocycles. The van der Waals surface area contributed by atoms with Crippen molar-refractivity contribution in [2.24, 2.45) is 0 Å². The van der Waals surface area contributed by atoms with Gasteiger partial charge in [0.15, 0.2) is 0 Å². The van der Waals surface area contributed by atoms with Crippen LogP contribution in [0.25, 0.3) is 10.8 Å². The van der Waals surface area contributed by atoms with Gasteiger partial charge in [-0.2, -0.15) is 0 Å². The molecular weight excluding hydrogens is 246 g/mol. The minimum absolute atomic E-state index is 0.119. The molecule has 0 aromatic heterocycles. The van der Waals surface area contributed by atoms with Crippen LogP contribution in [0.3, 0.4) is 0 Å². The van der Waals surface area contributed by atoms with Crippen molar-refractivity contribution in [3.63, 3.8) is 0 Å². The van der Waals surface area contributed by atoms with E-state index < -0.39 is 0 Å². The molecule has 0 radical (unpaired) electrons. The van der Waals surface area contributed by atoms with Gasteiger partial charge in [-0.15, -0.1) is 0 Å². The molecule has 0 saturated heterocycles. The van der Waals surface area contributed by atoms with Crippen LogP contribution in [-0.2, 0) is 0 Å². The number of amides is 1. The highest BCUT2D eigenvalue weighted by atomic mass is 16.2. The molecular formula is C18H21NO. The van der Waals surface area contributed by atoms with Crippen LogP contribution < -0.4 is 4.90 Å². The second-order valence-corrected chi connectivity index (χ2v) is 6.38. The maximum absolute atomic E-state index is 12.5.